The molecule has 0 saturated carbocycles. The first-order valence-corrected chi connectivity index (χ1v) is 5.70. The third kappa shape index (κ3) is 2.38. The molecule has 1 saturated heterocycles. The molecule has 1 aromatic heterocycles. The van der Waals surface area contributed by atoms with E-state index >= 15 is 0 Å². The number of amides is 1. The second kappa shape index (κ2) is 5.47. The SMILES string of the molecule is CO[C@@H]1COC[C@@H](N(C)C(=O)c2ccn[nH]2)[C@@H]1O. The Labute approximate surface area is 105 Å². The first-order valence-electron chi connectivity index (χ1n) is 5.70. The Morgan fingerprint density at radius 3 is 3.06 bits per heavy atom. The molecule has 2 heterocycles. The van der Waals surface area contributed by atoms with Gasteiger partial charge in [-0.3, -0.25) is 9.89 Å². The van der Waals surface area contributed by atoms with Crippen LogP contribution in [0.5, 0.6) is 0 Å². The van der Waals surface area contributed by atoms with Gasteiger partial charge in [0.1, 0.15) is 17.9 Å². The summed E-state index contributed by atoms with van der Waals surface area (Å²) in [7, 11) is 3.13. The number of aliphatic hydroxyl groups excluding tert-OH is 1. The number of rotatable bonds is 3. The van der Waals surface area contributed by atoms with E-state index in [-0.39, 0.29) is 12.5 Å². The molecule has 0 spiro atoms. The monoisotopic (exact) mass is 255 g/mol. The molecule has 1 aliphatic heterocycles. The molecule has 3 atom stereocenters. The number of nitrogens with zero attached hydrogens (tertiary/aromatic N) is 2. The molecular formula is C11H17N3O4. The maximum Gasteiger partial charge on any atom is 0.272 e. The van der Waals surface area contributed by atoms with Gasteiger partial charge in [-0.2, -0.15) is 5.10 Å². The van der Waals surface area contributed by atoms with Crippen molar-refractivity contribution in [1.82, 2.24) is 15.1 Å². The molecule has 1 aliphatic rings. The van der Waals surface area contributed by atoms with Crippen molar-refractivity contribution >= 4 is 5.91 Å². The van der Waals surface area contributed by atoms with Gasteiger partial charge in [0.15, 0.2) is 0 Å². The fourth-order valence-corrected chi connectivity index (χ4v) is 2.01. The van der Waals surface area contributed by atoms with E-state index in [0.29, 0.717) is 12.3 Å². The average molecular weight is 255 g/mol. The molecule has 1 aromatic rings. The Balaban J connectivity index is 2.08. The molecule has 0 aliphatic carbocycles. The fraction of sp³-hybridized carbons (Fsp3) is 0.636. The van der Waals surface area contributed by atoms with E-state index in [1.807, 2.05) is 0 Å². The minimum atomic E-state index is -0.763. The van der Waals surface area contributed by atoms with Crippen LogP contribution in [0.15, 0.2) is 12.3 Å². The number of methoxy groups -OCH3 is 1. The third-order valence-corrected chi connectivity index (χ3v) is 3.20. The zero-order chi connectivity index (χ0) is 13.1. The van der Waals surface area contributed by atoms with E-state index in [1.54, 1.807) is 13.1 Å². The Bertz CT molecular complexity index is 395. The van der Waals surface area contributed by atoms with E-state index in [0.717, 1.165) is 0 Å². The molecule has 18 heavy (non-hydrogen) atoms. The van der Waals surface area contributed by atoms with Crippen molar-refractivity contribution < 1.29 is 19.4 Å². The number of ether oxygens (including phenoxy) is 2. The van der Waals surface area contributed by atoms with Crippen LogP contribution < -0.4 is 0 Å². The van der Waals surface area contributed by atoms with Crippen LogP contribution in [0.1, 0.15) is 10.5 Å². The highest BCUT2D eigenvalue weighted by molar-refractivity contribution is 5.92. The van der Waals surface area contributed by atoms with Crippen molar-refractivity contribution in [3.05, 3.63) is 18.0 Å². The Kier molecular flexibility index (Phi) is 3.95. The minimum absolute atomic E-state index is 0.239. The van der Waals surface area contributed by atoms with E-state index in [9.17, 15) is 9.90 Å². The van der Waals surface area contributed by atoms with Gasteiger partial charge < -0.3 is 19.5 Å². The maximum atomic E-state index is 12.1. The molecule has 1 fully saturated rings. The third-order valence-electron chi connectivity index (χ3n) is 3.20. The van der Waals surface area contributed by atoms with E-state index in [2.05, 4.69) is 10.2 Å². The van der Waals surface area contributed by atoms with Gasteiger partial charge in [-0.05, 0) is 6.07 Å². The van der Waals surface area contributed by atoms with Gasteiger partial charge in [0.2, 0.25) is 0 Å². The van der Waals surface area contributed by atoms with Gasteiger partial charge in [0.25, 0.3) is 5.91 Å². The summed E-state index contributed by atoms with van der Waals surface area (Å²) in [5.74, 6) is -0.239. The number of hydrogen-bond acceptors (Lipinski definition) is 5. The van der Waals surface area contributed by atoms with Crippen molar-refractivity contribution in [2.75, 3.05) is 27.4 Å². The van der Waals surface area contributed by atoms with E-state index in [4.69, 9.17) is 9.47 Å². The first kappa shape index (κ1) is 13.0. The van der Waals surface area contributed by atoms with Crippen molar-refractivity contribution in [3.63, 3.8) is 0 Å². The first-order chi connectivity index (χ1) is 8.65. The number of nitrogens with one attached hydrogen (secondary N) is 1. The van der Waals surface area contributed by atoms with E-state index in [1.165, 1.54) is 18.2 Å². The van der Waals surface area contributed by atoms with Crippen LogP contribution in [0, 0.1) is 0 Å². The number of carbonyl (C=O) groups is 1. The highest BCUT2D eigenvalue weighted by atomic mass is 16.5. The number of aliphatic hydroxyl groups is 1. The van der Waals surface area contributed by atoms with Crippen molar-refractivity contribution in [2.45, 2.75) is 18.2 Å². The van der Waals surface area contributed by atoms with Gasteiger partial charge >= 0.3 is 0 Å². The molecular weight excluding hydrogens is 238 g/mol. The molecule has 2 N–H and O–H groups in total. The van der Waals surface area contributed by atoms with E-state index < -0.39 is 18.2 Å². The second-order valence-electron chi connectivity index (χ2n) is 4.26. The van der Waals surface area contributed by atoms with Gasteiger partial charge in [-0.25, -0.2) is 0 Å². The lowest BCUT2D eigenvalue weighted by atomic mass is 10.0. The molecule has 7 nitrogen and oxygen atoms in total. The zero-order valence-electron chi connectivity index (χ0n) is 10.4. The lowest BCUT2D eigenvalue weighted by molar-refractivity contribution is -0.135. The summed E-state index contributed by atoms with van der Waals surface area (Å²) in [4.78, 5) is 13.5. The van der Waals surface area contributed by atoms with Crippen LogP contribution in [0.2, 0.25) is 0 Å². The van der Waals surface area contributed by atoms with Gasteiger partial charge in [0.05, 0.1) is 19.3 Å². The molecule has 0 radical (unpaired) electrons. The standard InChI is InChI=1S/C11H17N3O4/c1-14(11(16)7-3-4-12-13-7)8-5-18-6-9(17-2)10(8)15/h3-4,8-10,15H,5-6H2,1-2H3,(H,12,13)/t8-,9-,10+/m1/s1. The summed E-state index contributed by atoms with van der Waals surface area (Å²) in [5, 5.41) is 16.5. The van der Waals surface area contributed by atoms with Crippen molar-refractivity contribution in [2.24, 2.45) is 0 Å². The Hall–Kier alpha value is -1.44. The van der Waals surface area contributed by atoms with Crippen molar-refractivity contribution in [3.8, 4) is 0 Å². The largest absolute Gasteiger partial charge is 0.388 e. The summed E-state index contributed by atoms with van der Waals surface area (Å²) in [6.45, 7) is 0.623. The summed E-state index contributed by atoms with van der Waals surface area (Å²) < 4.78 is 10.5. The number of likely N-dealkylation sites (N-methyl/N-ethyl adjacent to an activating group) is 1. The number of aromatic amines is 1. The summed E-state index contributed by atoms with van der Waals surface area (Å²) in [6.07, 6.45) is 0.328. The summed E-state index contributed by atoms with van der Waals surface area (Å²) in [6, 6.07) is 1.15. The lowest BCUT2D eigenvalue weighted by Gasteiger charge is -2.38. The predicted octanol–water partition coefficient (Wildman–Crippen LogP) is -0.744. The Morgan fingerprint density at radius 1 is 1.67 bits per heavy atom. The van der Waals surface area contributed by atoms with Gasteiger partial charge in [-0.15, -0.1) is 0 Å². The second-order valence-corrected chi connectivity index (χ2v) is 4.26. The molecule has 0 aromatic carbocycles. The predicted molar refractivity (Wildman–Crippen MR) is 62.1 cm³/mol. The highest BCUT2D eigenvalue weighted by Crippen LogP contribution is 2.17. The lowest BCUT2D eigenvalue weighted by Crippen LogP contribution is -2.56. The zero-order valence-corrected chi connectivity index (χ0v) is 10.4. The number of carbonyl (C=O) groups excluding carboxylic acids is 1. The topological polar surface area (TPSA) is 87.7 Å². The number of aromatic nitrogens is 2. The molecule has 2 rings (SSSR count). The smallest absolute Gasteiger partial charge is 0.272 e. The Morgan fingerprint density at radius 2 is 2.44 bits per heavy atom. The highest BCUT2D eigenvalue weighted by Gasteiger charge is 2.37. The van der Waals surface area contributed by atoms with Crippen LogP contribution in [0.4, 0.5) is 0 Å². The maximum absolute atomic E-state index is 12.1. The number of H-pyrrole nitrogens is 1. The normalized spacial score (nSPS) is 28.1. The van der Waals surface area contributed by atoms with Crippen LogP contribution in [-0.4, -0.2) is 71.7 Å². The van der Waals surface area contributed by atoms with Crippen LogP contribution in [0.3, 0.4) is 0 Å². The average Bonchev–Trinajstić information content (AvgIpc) is 2.91. The van der Waals surface area contributed by atoms with Crippen LogP contribution >= 0.6 is 0 Å². The molecule has 1 amide bonds. The summed E-state index contributed by atoms with van der Waals surface area (Å²) in [5.41, 5.74) is 0.379. The van der Waals surface area contributed by atoms with Crippen molar-refractivity contribution in [1.29, 1.82) is 0 Å². The molecule has 7 heteroatoms. The summed E-state index contributed by atoms with van der Waals surface area (Å²) >= 11 is 0. The van der Waals surface area contributed by atoms with Crippen LogP contribution in [0.25, 0.3) is 0 Å². The quantitative estimate of drug-likeness (QED) is 0.742. The minimum Gasteiger partial charge on any atom is -0.388 e. The molecule has 0 unspecified atom stereocenters. The fourth-order valence-electron chi connectivity index (χ4n) is 2.01. The molecule has 0 bridgehead atoms. The molecule has 100 valence electrons. The van der Waals surface area contributed by atoms with Gasteiger partial charge in [-0.1, -0.05) is 0 Å². The number of hydrogen-bond donors (Lipinski definition) is 2. The van der Waals surface area contributed by atoms with Gasteiger partial charge in [0, 0.05) is 20.4 Å². The van der Waals surface area contributed by atoms with Crippen LogP contribution in [-0.2, 0) is 9.47 Å².